The molecule has 0 saturated carbocycles. The predicted molar refractivity (Wildman–Crippen MR) is 66.6 cm³/mol. The van der Waals surface area contributed by atoms with Crippen LogP contribution in [0.2, 0.25) is 0 Å². The smallest absolute Gasteiger partial charge is 0.342 e. The normalized spacial score (nSPS) is 24.1. The maximum absolute atomic E-state index is 11.9. The van der Waals surface area contributed by atoms with E-state index in [0.717, 1.165) is 11.8 Å². The molecule has 0 amide bonds. The standard InChI is InChI=1S/C12H17BrO3/c1-3-16-11(14)12(15-2)7-4-5-10(9-12)6-8-13/h4-5,7H,3,6,8-9H2,1-2H3. The lowest BCUT2D eigenvalue weighted by Crippen LogP contribution is -2.41. The van der Waals surface area contributed by atoms with Gasteiger partial charge in [-0.05, 0) is 19.4 Å². The number of hydrogen-bond donors (Lipinski definition) is 0. The van der Waals surface area contributed by atoms with Gasteiger partial charge >= 0.3 is 5.97 Å². The summed E-state index contributed by atoms with van der Waals surface area (Å²) in [5.74, 6) is -0.311. The van der Waals surface area contributed by atoms with Gasteiger partial charge in [0, 0.05) is 18.9 Å². The van der Waals surface area contributed by atoms with Gasteiger partial charge in [0.05, 0.1) is 6.61 Å². The van der Waals surface area contributed by atoms with Crippen molar-refractivity contribution >= 4 is 21.9 Å². The predicted octanol–water partition coefficient (Wildman–Crippen LogP) is 2.61. The number of carbonyl (C=O) groups excluding carboxylic acids is 1. The highest BCUT2D eigenvalue weighted by Gasteiger charge is 2.39. The molecule has 1 rings (SSSR count). The van der Waals surface area contributed by atoms with Gasteiger partial charge < -0.3 is 9.47 Å². The van der Waals surface area contributed by atoms with Crippen LogP contribution in [0, 0.1) is 0 Å². The van der Waals surface area contributed by atoms with Gasteiger partial charge in [0.2, 0.25) is 0 Å². The summed E-state index contributed by atoms with van der Waals surface area (Å²) < 4.78 is 10.4. The van der Waals surface area contributed by atoms with Crippen molar-refractivity contribution in [2.75, 3.05) is 19.0 Å². The number of methoxy groups -OCH3 is 1. The number of carbonyl (C=O) groups is 1. The zero-order valence-corrected chi connectivity index (χ0v) is 11.2. The summed E-state index contributed by atoms with van der Waals surface area (Å²) in [6.07, 6.45) is 7.14. The minimum Gasteiger partial charge on any atom is -0.464 e. The highest BCUT2D eigenvalue weighted by molar-refractivity contribution is 9.09. The molecule has 0 saturated heterocycles. The lowest BCUT2D eigenvalue weighted by atomic mass is 9.88. The second kappa shape index (κ2) is 6.21. The lowest BCUT2D eigenvalue weighted by molar-refractivity contribution is -0.162. The van der Waals surface area contributed by atoms with Gasteiger partial charge in [-0.3, -0.25) is 0 Å². The molecule has 0 spiro atoms. The topological polar surface area (TPSA) is 35.5 Å². The van der Waals surface area contributed by atoms with Crippen LogP contribution in [-0.2, 0) is 14.3 Å². The summed E-state index contributed by atoms with van der Waals surface area (Å²) in [7, 11) is 1.54. The maximum atomic E-state index is 11.9. The minimum absolute atomic E-state index is 0.311. The Balaban J connectivity index is 2.80. The number of rotatable bonds is 5. The van der Waals surface area contributed by atoms with E-state index in [1.807, 2.05) is 12.2 Å². The number of allylic oxidation sites excluding steroid dienone is 2. The molecule has 0 bridgehead atoms. The number of halogens is 1. The van der Waals surface area contributed by atoms with Crippen LogP contribution >= 0.6 is 15.9 Å². The molecule has 1 aliphatic carbocycles. The summed E-state index contributed by atoms with van der Waals surface area (Å²) in [5.41, 5.74) is 0.261. The molecule has 1 atom stereocenters. The van der Waals surface area contributed by atoms with E-state index >= 15 is 0 Å². The summed E-state index contributed by atoms with van der Waals surface area (Å²) in [6, 6.07) is 0. The van der Waals surface area contributed by atoms with Crippen LogP contribution < -0.4 is 0 Å². The van der Waals surface area contributed by atoms with E-state index in [1.54, 1.807) is 20.1 Å². The van der Waals surface area contributed by atoms with Gasteiger partial charge in [0.25, 0.3) is 0 Å². The maximum Gasteiger partial charge on any atom is 0.342 e. The van der Waals surface area contributed by atoms with E-state index in [9.17, 15) is 4.79 Å². The Morgan fingerprint density at radius 1 is 1.62 bits per heavy atom. The molecule has 16 heavy (non-hydrogen) atoms. The molecule has 0 radical (unpaired) electrons. The molecule has 0 N–H and O–H groups in total. The van der Waals surface area contributed by atoms with Crippen LogP contribution in [-0.4, -0.2) is 30.6 Å². The molecule has 1 unspecified atom stereocenters. The third-order valence-corrected chi connectivity index (χ3v) is 2.98. The molecular weight excluding hydrogens is 272 g/mol. The summed E-state index contributed by atoms with van der Waals surface area (Å²) in [5, 5.41) is 0.884. The average molecular weight is 289 g/mol. The van der Waals surface area contributed by atoms with E-state index in [0.29, 0.717) is 13.0 Å². The summed E-state index contributed by atoms with van der Waals surface area (Å²) in [6.45, 7) is 2.16. The molecule has 0 aromatic rings. The van der Waals surface area contributed by atoms with E-state index in [4.69, 9.17) is 9.47 Å². The van der Waals surface area contributed by atoms with Gasteiger partial charge in [-0.15, -0.1) is 0 Å². The monoisotopic (exact) mass is 288 g/mol. The highest BCUT2D eigenvalue weighted by atomic mass is 79.9. The second-order valence-corrected chi connectivity index (χ2v) is 4.41. The average Bonchev–Trinajstić information content (AvgIpc) is 2.30. The Morgan fingerprint density at radius 3 is 2.94 bits per heavy atom. The van der Waals surface area contributed by atoms with Crippen molar-refractivity contribution in [3.05, 3.63) is 23.8 Å². The zero-order valence-electron chi connectivity index (χ0n) is 9.66. The molecule has 0 aromatic heterocycles. The van der Waals surface area contributed by atoms with Crippen molar-refractivity contribution < 1.29 is 14.3 Å². The fourth-order valence-electron chi connectivity index (χ4n) is 1.70. The molecule has 0 aliphatic heterocycles. The van der Waals surface area contributed by atoms with Gasteiger partial charge in [0.15, 0.2) is 5.60 Å². The summed E-state index contributed by atoms with van der Waals surface area (Å²) >= 11 is 3.39. The highest BCUT2D eigenvalue weighted by Crippen LogP contribution is 2.29. The SMILES string of the molecule is CCOC(=O)C1(OC)C=CC=C(CCBr)C1. The van der Waals surface area contributed by atoms with E-state index in [1.165, 1.54) is 5.57 Å². The first-order valence-electron chi connectivity index (χ1n) is 5.34. The van der Waals surface area contributed by atoms with Crippen LogP contribution in [0.3, 0.4) is 0 Å². The van der Waals surface area contributed by atoms with Crippen LogP contribution in [0.15, 0.2) is 23.8 Å². The first-order valence-corrected chi connectivity index (χ1v) is 6.46. The zero-order chi connectivity index (χ0) is 12.0. The lowest BCUT2D eigenvalue weighted by Gasteiger charge is -2.29. The van der Waals surface area contributed by atoms with Crippen molar-refractivity contribution in [1.29, 1.82) is 0 Å². The molecule has 0 heterocycles. The van der Waals surface area contributed by atoms with Gasteiger partial charge in [-0.1, -0.05) is 33.7 Å². The first kappa shape index (κ1) is 13.5. The second-order valence-electron chi connectivity index (χ2n) is 3.61. The molecule has 90 valence electrons. The van der Waals surface area contributed by atoms with E-state index in [2.05, 4.69) is 15.9 Å². The van der Waals surface area contributed by atoms with Crippen molar-refractivity contribution in [2.24, 2.45) is 0 Å². The number of esters is 1. The van der Waals surface area contributed by atoms with Crippen LogP contribution in [0.4, 0.5) is 0 Å². The third kappa shape index (κ3) is 2.95. The van der Waals surface area contributed by atoms with Crippen LogP contribution in [0.25, 0.3) is 0 Å². The molecule has 0 fully saturated rings. The van der Waals surface area contributed by atoms with Crippen LogP contribution in [0.1, 0.15) is 19.8 Å². The fourth-order valence-corrected chi connectivity index (χ4v) is 2.21. The molecule has 1 aliphatic rings. The molecular formula is C12H17BrO3. The Morgan fingerprint density at radius 2 is 2.38 bits per heavy atom. The largest absolute Gasteiger partial charge is 0.464 e. The molecule has 0 aromatic carbocycles. The number of hydrogen-bond acceptors (Lipinski definition) is 3. The molecule has 4 heteroatoms. The number of ether oxygens (including phenoxy) is 2. The van der Waals surface area contributed by atoms with E-state index < -0.39 is 5.60 Å². The van der Waals surface area contributed by atoms with Crippen molar-refractivity contribution in [2.45, 2.75) is 25.4 Å². The Kier molecular flexibility index (Phi) is 5.22. The van der Waals surface area contributed by atoms with Gasteiger partial charge in [0.1, 0.15) is 0 Å². The van der Waals surface area contributed by atoms with Crippen LogP contribution in [0.5, 0.6) is 0 Å². The minimum atomic E-state index is -0.928. The quantitative estimate of drug-likeness (QED) is 0.576. The van der Waals surface area contributed by atoms with E-state index in [-0.39, 0.29) is 5.97 Å². The third-order valence-electron chi connectivity index (χ3n) is 2.59. The fraction of sp³-hybridized carbons (Fsp3) is 0.583. The summed E-state index contributed by atoms with van der Waals surface area (Å²) in [4.78, 5) is 11.9. The van der Waals surface area contributed by atoms with Crippen molar-refractivity contribution in [3.8, 4) is 0 Å². The number of alkyl halides is 1. The molecule has 3 nitrogen and oxygen atoms in total. The van der Waals surface area contributed by atoms with Gasteiger partial charge in [-0.25, -0.2) is 4.79 Å². The first-order chi connectivity index (χ1) is 7.68. The Labute approximate surface area is 105 Å². The van der Waals surface area contributed by atoms with Crippen molar-refractivity contribution in [3.63, 3.8) is 0 Å². The Bertz CT molecular complexity index is 309. The Hall–Kier alpha value is -0.610. The van der Waals surface area contributed by atoms with Gasteiger partial charge in [-0.2, -0.15) is 0 Å². The van der Waals surface area contributed by atoms with Crippen molar-refractivity contribution in [1.82, 2.24) is 0 Å².